The van der Waals surface area contributed by atoms with Gasteiger partial charge in [0.25, 0.3) is 5.69 Å². The molecule has 0 amide bonds. The molecular weight excluding hydrogens is 290 g/mol. The standard InChI is InChI=1S/C18H17N3O2/c1-12-9-10-14(11-17(12)21(22)23)20-18(19)16-8-4-6-13-5-2-3-7-15(13)16/h2-11,18,20H,19H2,1H3. The molecule has 1 unspecified atom stereocenters. The van der Waals surface area contributed by atoms with E-state index in [4.69, 9.17) is 5.73 Å². The van der Waals surface area contributed by atoms with Crippen LogP contribution in [0.3, 0.4) is 0 Å². The van der Waals surface area contributed by atoms with Gasteiger partial charge in [0.15, 0.2) is 0 Å². The van der Waals surface area contributed by atoms with Gasteiger partial charge in [0.2, 0.25) is 0 Å². The van der Waals surface area contributed by atoms with Gasteiger partial charge in [0.1, 0.15) is 6.17 Å². The van der Waals surface area contributed by atoms with E-state index in [2.05, 4.69) is 5.32 Å². The fourth-order valence-electron chi connectivity index (χ4n) is 2.67. The van der Waals surface area contributed by atoms with Crippen molar-refractivity contribution in [3.63, 3.8) is 0 Å². The Bertz CT molecular complexity index is 872. The van der Waals surface area contributed by atoms with E-state index in [0.717, 1.165) is 16.3 Å². The molecule has 0 aliphatic rings. The average molecular weight is 307 g/mol. The van der Waals surface area contributed by atoms with Gasteiger partial charge in [-0.1, -0.05) is 48.5 Å². The van der Waals surface area contributed by atoms with E-state index in [9.17, 15) is 10.1 Å². The minimum Gasteiger partial charge on any atom is -0.366 e. The van der Waals surface area contributed by atoms with Crippen molar-refractivity contribution < 1.29 is 4.92 Å². The summed E-state index contributed by atoms with van der Waals surface area (Å²) >= 11 is 0. The minimum absolute atomic E-state index is 0.0834. The van der Waals surface area contributed by atoms with Crippen molar-refractivity contribution in [2.45, 2.75) is 13.1 Å². The highest BCUT2D eigenvalue weighted by Crippen LogP contribution is 2.27. The normalized spacial score (nSPS) is 12.1. The average Bonchev–Trinajstić information content (AvgIpc) is 2.55. The maximum absolute atomic E-state index is 11.1. The fourth-order valence-corrected chi connectivity index (χ4v) is 2.67. The number of nitrogens with two attached hydrogens (primary N) is 1. The maximum Gasteiger partial charge on any atom is 0.274 e. The zero-order valence-electron chi connectivity index (χ0n) is 12.7. The van der Waals surface area contributed by atoms with Gasteiger partial charge < -0.3 is 11.1 Å². The Balaban J connectivity index is 1.93. The van der Waals surface area contributed by atoms with Crippen molar-refractivity contribution in [1.29, 1.82) is 0 Å². The SMILES string of the molecule is Cc1ccc(NC(N)c2cccc3ccccc23)cc1[N+](=O)[O-]. The van der Waals surface area contributed by atoms with Gasteiger partial charge >= 0.3 is 0 Å². The molecule has 0 saturated heterocycles. The predicted molar refractivity (Wildman–Crippen MR) is 92.3 cm³/mol. The summed E-state index contributed by atoms with van der Waals surface area (Å²) in [4.78, 5) is 10.7. The van der Waals surface area contributed by atoms with E-state index in [1.165, 1.54) is 6.07 Å². The number of nitro benzene ring substituents is 1. The van der Waals surface area contributed by atoms with Crippen molar-refractivity contribution in [2.24, 2.45) is 5.73 Å². The van der Waals surface area contributed by atoms with Gasteiger partial charge in [-0.15, -0.1) is 0 Å². The number of rotatable bonds is 4. The van der Waals surface area contributed by atoms with Gasteiger partial charge in [-0.3, -0.25) is 10.1 Å². The third kappa shape index (κ3) is 3.00. The lowest BCUT2D eigenvalue weighted by atomic mass is 10.0. The molecule has 3 rings (SSSR count). The van der Waals surface area contributed by atoms with E-state index in [1.54, 1.807) is 19.1 Å². The number of aryl methyl sites for hydroxylation is 1. The number of anilines is 1. The van der Waals surface area contributed by atoms with Crippen LogP contribution in [0.1, 0.15) is 17.3 Å². The second-order valence-corrected chi connectivity index (χ2v) is 5.45. The predicted octanol–water partition coefficient (Wildman–Crippen LogP) is 4.13. The molecule has 0 heterocycles. The highest BCUT2D eigenvalue weighted by Gasteiger charge is 2.14. The maximum atomic E-state index is 11.1. The molecule has 0 aromatic heterocycles. The van der Waals surface area contributed by atoms with E-state index in [0.29, 0.717) is 11.3 Å². The van der Waals surface area contributed by atoms with Crippen molar-refractivity contribution in [3.05, 3.63) is 81.9 Å². The molecule has 23 heavy (non-hydrogen) atoms. The molecule has 3 N–H and O–H groups in total. The quantitative estimate of drug-likeness (QED) is 0.431. The molecule has 0 radical (unpaired) electrons. The second kappa shape index (κ2) is 6.06. The number of fused-ring (bicyclic) bond motifs is 1. The smallest absolute Gasteiger partial charge is 0.274 e. The van der Waals surface area contributed by atoms with Crippen LogP contribution in [0, 0.1) is 17.0 Å². The van der Waals surface area contributed by atoms with Gasteiger partial charge in [-0.25, -0.2) is 0 Å². The zero-order valence-corrected chi connectivity index (χ0v) is 12.7. The fraction of sp³-hybridized carbons (Fsp3) is 0.111. The topological polar surface area (TPSA) is 81.2 Å². The molecule has 116 valence electrons. The summed E-state index contributed by atoms with van der Waals surface area (Å²) in [7, 11) is 0. The highest BCUT2D eigenvalue weighted by atomic mass is 16.6. The van der Waals surface area contributed by atoms with Crippen molar-refractivity contribution in [1.82, 2.24) is 0 Å². The van der Waals surface area contributed by atoms with Crippen molar-refractivity contribution in [3.8, 4) is 0 Å². The van der Waals surface area contributed by atoms with Crippen molar-refractivity contribution in [2.75, 3.05) is 5.32 Å². The van der Waals surface area contributed by atoms with Crippen LogP contribution < -0.4 is 11.1 Å². The molecule has 0 saturated carbocycles. The second-order valence-electron chi connectivity index (χ2n) is 5.45. The summed E-state index contributed by atoms with van der Waals surface area (Å²) in [6, 6.07) is 19.0. The Labute approximate surface area is 133 Å². The lowest BCUT2D eigenvalue weighted by Crippen LogP contribution is -2.20. The summed E-state index contributed by atoms with van der Waals surface area (Å²) in [6.45, 7) is 1.71. The number of hydrogen-bond acceptors (Lipinski definition) is 4. The third-order valence-corrected chi connectivity index (χ3v) is 3.89. The van der Waals surface area contributed by atoms with Gasteiger partial charge in [0, 0.05) is 17.3 Å². The summed E-state index contributed by atoms with van der Waals surface area (Å²) in [6.07, 6.45) is -0.455. The largest absolute Gasteiger partial charge is 0.366 e. The van der Waals surface area contributed by atoms with Gasteiger partial charge in [-0.2, -0.15) is 0 Å². The highest BCUT2D eigenvalue weighted by molar-refractivity contribution is 5.86. The lowest BCUT2D eigenvalue weighted by Gasteiger charge is -2.18. The Morgan fingerprint density at radius 2 is 1.83 bits per heavy atom. The first-order valence-electron chi connectivity index (χ1n) is 7.31. The summed E-state index contributed by atoms with van der Waals surface area (Å²) in [5.74, 6) is 0. The van der Waals surface area contributed by atoms with Crippen LogP contribution in [0.25, 0.3) is 10.8 Å². The van der Waals surface area contributed by atoms with E-state index in [1.807, 2.05) is 42.5 Å². The Morgan fingerprint density at radius 1 is 1.09 bits per heavy atom. The van der Waals surface area contributed by atoms with Crippen LogP contribution in [0.2, 0.25) is 0 Å². The number of nitrogens with zero attached hydrogens (tertiary/aromatic N) is 1. The van der Waals surface area contributed by atoms with Crippen molar-refractivity contribution >= 4 is 22.1 Å². The van der Waals surface area contributed by atoms with Gasteiger partial charge in [0.05, 0.1) is 4.92 Å². The van der Waals surface area contributed by atoms with E-state index >= 15 is 0 Å². The van der Waals surface area contributed by atoms with Crippen LogP contribution in [0.4, 0.5) is 11.4 Å². The van der Waals surface area contributed by atoms with Crippen LogP contribution in [-0.4, -0.2) is 4.92 Å². The lowest BCUT2D eigenvalue weighted by molar-refractivity contribution is -0.385. The first-order chi connectivity index (χ1) is 11.1. The Kier molecular flexibility index (Phi) is 3.95. The molecule has 0 fully saturated rings. The molecule has 0 aliphatic carbocycles. The number of hydrogen-bond donors (Lipinski definition) is 2. The van der Waals surface area contributed by atoms with Crippen LogP contribution in [0.15, 0.2) is 60.7 Å². The number of nitrogens with one attached hydrogen (secondary N) is 1. The van der Waals surface area contributed by atoms with Crippen LogP contribution in [-0.2, 0) is 0 Å². The minimum atomic E-state index is -0.455. The first-order valence-corrected chi connectivity index (χ1v) is 7.31. The van der Waals surface area contributed by atoms with E-state index < -0.39 is 6.17 Å². The third-order valence-electron chi connectivity index (χ3n) is 3.89. The van der Waals surface area contributed by atoms with Crippen LogP contribution in [0.5, 0.6) is 0 Å². The Morgan fingerprint density at radius 3 is 2.61 bits per heavy atom. The summed E-state index contributed by atoms with van der Waals surface area (Å²) in [5.41, 5.74) is 8.56. The summed E-state index contributed by atoms with van der Waals surface area (Å²) < 4.78 is 0. The molecule has 5 nitrogen and oxygen atoms in total. The monoisotopic (exact) mass is 307 g/mol. The molecular formula is C18H17N3O2. The number of benzene rings is 3. The molecule has 0 spiro atoms. The summed E-state index contributed by atoms with van der Waals surface area (Å²) in [5, 5.41) is 16.4. The first kappa shape index (κ1) is 15.0. The van der Waals surface area contributed by atoms with Crippen LogP contribution >= 0.6 is 0 Å². The Hall–Kier alpha value is -2.92. The zero-order chi connectivity index (χ0) is 16.4. The molecule has 3 aromatic carbocycles. The molecule has 3 aromatic rings. The number of nitro groups is 1. The molecule has 0 bridgehead atoms. The molecule has 1 atom stereocenters. The van der Waals surface area contributed by atoms with E-state index in [-0.39, 0.29) is 10.6 Å². The molecule has 5 heteroatoms. The molecule has 0 aliphatic heterocycles. The van der Waals surface area contributed by atoms with Gasteiger partial charge in [-0.05, 0) is 29.3 Å².